The number of hydrogen-bond acceptors (Lipinski definition) is 7. The normalized spacial score (nSPS) is 25.5. The van der Waals surface area contributed by atoms with Crippen LogP contribution in [0.15, 0.2) is 0 Å². The molecule has 0 aromatic heterocycles. The minimum absolute atomic E-state index is 0.0294. The third kappa shape index (κ3) is 9.46. The molecule has 13 heteroatoms. The summed E-state index contributed by atoms with van der Waals surface area (Å²) in [5, 5.41) is 11.5. The van der Waals surface area contributed by atoms with E-state index in [4.69, 9.17) is 0 Å². The first-order chi connectivity index (χ1) is 23.9. The molecule has 0 aromatic carbocycles. The number of hydrogen-bond donors (Lipinski definition) is 4. The Hall–Kier alpha value is -2.70. The van der Waals surface area contributed by atoms with E-state index in [1.54, 1.807) is 25.7 Å². The molecule has 51 heavy (non-hydrogen) atoms. The number of Topliss-reactive ketones (excluding diaryl/α,β-unsaturated/α-hetero) is 1. The van der Waals surface area contributed by atoms with E-state index in [1.807, 2.05) is 13.8 Å². The molecule has 0 aromatic rings. The van der Waals surface area contributed by atoms with E-state index in [9.17, 15) is 32.4 Å². The first-order valence-electron chi connectivity index (χ1n) is 19.6. The molecule has 1 aliphatic heterocycles. The molecular weight excluding hydrogens is 671 g/mol. The fourth-order valence-electron chi connectivity index (χ4n) is 8.92. The van der Waals surface area contributed by atoms with Gasteiger partial charge in [-0.1, -0.05) is 72.6 Å². The summed E-state index contributed by atoms with van der Waals surface area (Å²) < 4.78 is 25.6. The van der Waals surface area contributed by atoms with E-state index in [2.05, 4.69) is 35.1 Å². The minimum atomic E-state index is -3.51. The first-order valence-corrected chi connectivity index (χ1v) is 21.3. The van der Waals surface area contributed by atoms with E-state index < -0.39 is 61.8 Å². The van der Waals surface area contributed by atoms with Crippen molar-refractivity contribution in [2.24, 2.45) is 29.1 Å². The zero-order valence-electron chi connectivity index (χ0n) is 32.2. The quantitative estimate of drug-likeness (QED) is 0.182. The molecule has 5 atom stereocenters. The lowest BCUT2D eigenvalue weighted by atomic mass is 9.79. The van der Waals surface area contributed by atoms with Crippen molar-refractivity contribution in [1.29, 1.82) is 0 Å². The standard InChI is InChI=1S/C38H65N5O7S/c1-8-16-28(31(44)33(46)39-21-9-2)41-32(45)30-29-27(37(29,6)7)23-43(30)34(47)26(25-17-12-10-13-18-25)22-40-35(48)42-38(19-14-11-15-20-38)24-51(49,50)36(3,4)5/h25-30H,8-24H2,1-7H3,(H,39,46)(H,41,45)(H2,40,42,48)/t26-,27?,28?,29?,30-/m0/s1. The van der Waals surface area contributed by atoms with Crippen LogP contribution in [-0.2, 0) is 29.0 Å². The van der Waals surface area contributed by atoms with Gasteiger partial charge >= 0.3 is 6.03 Å². The van der Waals surface area contributed by atoms with Crippen LogP contribution in [0.4, 0.5) is 4.79 Å². The van der Waals surface area contributed by atoms with Crippen molar-refractivity contribution < 1.29 is 32.4 Å². The topological polar surface area (TPSA) is 171 Å². The SMILES string of the molecule is CCCNC(=O)C(=O)C(CCC)NC(=O)[C@@H]1C2C(CN1C(=O)[C@@H](CNC(=O)NC1(CS(=O)(=O)C(C)(C)C)CCCCC1)C1CCCCC1)C2(C)C. The molecule has 4 N–H and O–H groups in total. The molecular formula is C38H65N5O7S. The van der Waals surface area contributed by atoms with Gasteiger partial charge in [-0.25, -0.2) is 13.2 Å². The zero-order chi connectivity index (χ0) is 37.8. The van der Waals surface area contributed by atoms with Gasteiger partial charge in [-0.2, -0.15) is 0 Å². The minimum Gasteiger partial charge on any atom is -0.349 e. The average molecular weight is 736 g/mol. The Kier molecular flexibility index (Phi) is 13.3. The Morgan fingerprint density at radius 1 is 0.882 bits per heavy atom. The zero-order valence-corrected chi connectivity index (χ0v) is 33.0. The fraction of sp³-hybridized carbons (Fsp3) is 0.868. The molecule has 0 spiro atoms. The molecule has 4 fully saturated rings. The maximum atomic E-state index is 14.6. The summed E-state index contributed by atoms with van der Waals surface area (Å²) >= 11 is 0. The number of ketones is 1. The third-order valence-corrected chi connectivity index (χ3v) is 15.1. The number of nitrogens with zero attached hydrogens (tertiary/aromatic N) is 1. The van der Waals surface area contributed by atoms with Crippen molar-refractivity contribution >= 4 is 39.4 Å². The summed E-state index contributed by atoms with van der Waals surface area (Å²) in [6, 6.07) is -2.24. The van der Waals surface area contributed by atoms with Crippen LogP contribution in [0.3, 0.4) is 0 Å². The van der Waals surface area contributed by atoms with Crippen LogP contribution in [0.1, 0.15) is 132 Å². The van der Waals surface area contributed by atoms with Crippen LogP contribution >= 0.6 is 0 Å². The van der Waals surface area contributed by atoms with Crippen molar-refractivity contribution in [1.82, 2.24) is 26.2 Å². The highest BCUT2D eigenvalue weighted by molar-refractivity contribution is 7.92. The van der Waals surface area contributed by atoms with E-state index in [0.29, 0.717) is 45.2 Å². The number of carbonyl (C=O) groups excluding carboxylic acids is 5. The molecule has 0 radical (unpaired) electrons. The van der Waals surface area contributed by atoms with Gasteiger partial charge in [0.1, 0.15) is 6.04 Å². The Bertz CT molecular complexity index is 1400. The molecule has 1 heterocycles. The molecule has 1 saturated heterocycles. The second kappa shape index (κ2) is 16.5. The molecule has 4 rings (SSSR count). The Balaban J connectivity index is 1.52. The van der Waals surface area contributed by atoms with Gasteiger partial charge in [0.05, 0.1) is 28.0 Å². The van der Waals surface area contributed by atoms with Crippen LogP contribution in [-0.4, -0.2) is 90.6 Å². The fourth-order valence-corrected chi connectivity index (χ4v) is 10.4. The second-order valence-corrected chi connectivity index (χ2v) is 20.2. The van der Waals surface area contributed by atoms with Gasteiger partial charge in [0, 0.05) is 19.6 Å². The highest BCUT2D eigenvalue weighted by atomic mass is 32.2. The number of amides is 5. The number of carbonyl (C=O) groups is 5. The van der Waals surface area contributed by atoms with E-state index in [1.165, 1.54) is 0 Å². The Morgan fingerprint density at radius 3 is 2.10 bits per heavy atom. The van der Waals surface area contributed by atoms with E-state index >= 15 is 0 Å². The molecule has 0 bridgehead atoms. The smallest absolute Gasteiger partial charge is 0.315 e. The molecule has 4 aliphatic rings. The summed E-state index contributed by atoms with van der Waals surface area (Å²) in [6.07, 6.45) is 10.1. The molecule has 12 nitrogen and oxygen atoms in total. The van der Waals surface area contributed by atoms with Crippen LogP contribution in [0.5, 0.6) is 0 Å². The van der Waals surface area contributed by atoms with Gasteiger partial charge < -0.3 is 26.2 Å². The van der Waals surface area contributed by atoms with E-state index in [-0.39, 0.29) is 41.4 Å². The molecule has 3 saturated carbocycles. The lowest BCUT2D eigenvalue weighted by Crippen LogP contribution is -2.59. The number of urea groups is 1. The lowest BCUT2D eigenvalue weighted by molar-refractivity contribution is -0.146. The number of piperidine rings is 1. The Morgan fingerprint density at radius 2 is 1.51 bits per heavy atom. The monoisotopic (exact) mass is 735 g/mol. The third-order valence-electron chi connectivity index (χ3n) is 12.3. The van der Waals surface area contributed by atoms with Crippen LogP contribution in [0, 0.1) is 29.1 Å². The summed E-state index contributed by atoms with van der Waals surface area (Å²) in [7, 11) is -3.51. The van der Waals surface area contributed by atoms with Gasteiger partial charge in [0.2, 0.25) is 17.6 Å². The molecule has 5 amide bonds. The number of likely N-dealkylation sites (tertiary alicyclic amines) is 1. The predicted molar refractivity (Wildman–Crippen MR) is 197 cm³/mol. The summed E-state index contributed by atoms with van der Waals surface area (Å²) in [4.78, 5) is 69.7. The Labute approximate surface area is 306 Å². The summed E-state index contributed by atoms with van der Waals surface area (Å²) in [5.41, 5.74) is -1.02. The molecule has 290 valence electrons. The maximum Gasteiger partial charge on any atom is 0.315 e. The van der Waals surface area contributed by atoms with Crippen molar-refractivity contribution in [2.75, 3.05) is 25.4 Å². The van der Waals surface area contributed by atoms with Crippen molar-refractivity contribution in [2.45, 2.75) is 154 Å². The van der Waals surface area contributed by atoms with Gasteiger partial charge in [0.25, 0.3) is 5.91 Å². The largest absolute Gasteiger partial charge is 0.349 e. The molecule has 3 unspecified atom stereocenters. The second-order valence-electron chi connectivity index (χ2n) is 17.4. The number of fused-ring (bicyclic) bond motifs is 1. The van der Waals surface area contributed by atoms with Gasteiger partial charge in [-0.05, 0) is 82.5 Å². The van der Waals surface area contributed by atoms with Crippen molar-refractivity contribution in [3.05, 3.63) is 0 Å². The van der Waals surface area contributed by atoms with Crippen LogP contribution in [0.2, 0.25) is 0 Å². The highest BCUT2D eigenvalue weighted by Gasteiger charge is 2.69. The highest BCUT2D eigenvalue weighted by Crippen LogP contribution is 2.65. The van der Waals surface area contributed by atoms with Gasteiger partial charge in [0.15, 0.2) is 9.84 Å². The number of rotatable bonds is 15. The summed E-state index contributed by atoms with van der Waals surface area (Å²) in [5.74, 6) is -2.59. The summed E-state index contributed by atoms with van der Waals surface area (Å²) in [6.45, 7) is 13.9. The van der Waals surface area contributed by atoms with Gasteiger partial charge in [-0.3, -0.25) is 19.2 Å². The maximum absolute atomic E-state index is 14.6. The van der Waals surface area contributed by atoms with Crippen molar-refractivity contribution in [3.8, 4) is 0 Å². The number of sulfone groups is 1. The van der Waals surface area contributed by atoms with Gasteiger partial charge in [-0.15, -0.1) is 0 Å². The van der Waals surface area contributed by atoms with E-state index in [0.717, 1.165) is 51.4 Å². The number of nitrogens with one attached hydrogen (secondary N) is 4. The predicted octanol–water partition coefficient (Wildman–Crippen LogP) is 4.26. The average Bonchev–Trinajstić information content (AvgIpc) is 3.37. The van der Waals surface area contributed by atoms with Crippen LogP contribution < -0.4 is 21.3 Å². The van der Waals surface area contributed by atoms with Crippen molar-refractivity contribution in [3.63, 3.8) is 0 Å². The lowest BCUT2D eigenvalue weighted by Gasteiger charge is -2.40. The first kappa shape index (κ1) is 41.1. The van der Waals surface area contributed by atoms with Crippen LogP contribution in [0.25, 0.3) is 0 Å². The molecule has 3 aliphatic carbocycles.